The zero-order valence-electron chi connectivity index (χ0n) is 16.7. The van der Waals surface area contributed by atoms with Crippen molar-refractivity contribution >= 4 is 17.7 Å². The Morgan fingerprint density at radius 1 is 1.23 bits per heavy atom. The lowest BCUT2D eigenvalue weighted by Gasteiger charge is -2.16. The van der Waals surface area contributed by atoms with Gasteiger partial charge >= 0.3 is 5.97 Å². The molecule has 1 amide bonds. The predicted octanol–water partition coefficient (Wildman–Crippen LogP) is 3.69. The average Bonchev–Trinajstić information content (AvgIpc) is 3.32. The summed E-state index contributed by atoms with van der Waals surface area (Å²) in [6.45, 7) is 4.93. The van der Waals surface area contributed by atoms with Gasteiger partial charge in [0.2, 0.25) is 5.91 Å². The molecule has 10 heteroatoms. The van der Waals surface area contributed by atoms with Crippen molar-refractivity contribution in [1.82, 2.24) is 19.6 Å². The van der Waals surface area contributed by atoms with Crippen LogP contribution < -0.4 is 5.32 Å². The van der Waals surface area contributed by atoms with Gasteiger partial charge in [-0.2, -0.15) is 10.2 Å². The molecule has 0 bridgehead atoms. The lowest BCUT2D eigenvalue weighted by atomic mass is 10.2. The van der Waals surface area contributed by atoms with E-state index in [2.05, 4.69) is 15.5 Å². The van der Waals surface area contributed by atoms with Crippen molar-refractivity contribution in [1.29, 1.82) is 0 Å². The number of nitrogens with one attached hydrogen (secondary N) is 1. The first-order chi connectivity index (χ1) is 14.3. The molecular formula is C20H21F2N5O3. The Morgan fingerprint density at radius 3 is 2.53 bits per heavy atom. The Balaban J connectivity index is 1.95. The highest BCUT2D eigenvalue weighted by atomic mass is 19.3. The van der Waals surface area contributed by atoms with Gasteiger partial charge in [-0.15, -0.1) is 0 Å². The average molecular weight is 417 g/mol. The number of hydrogen-bond donors (Lipinski definition) is 1. The molecule has 8 nitrogen and oxygen atoms in total. The number of aromatic nitrogens is 4. The van der Waals surface area contributed by atoms with Crippen molar-refractivity contribution in [3.05, 3.63) is 59.5 Å². The highest BCUT2D eigenvalue weighted by Crippen LogP contribution is 2.24. The summed E-state index contributed by atoms with van der Waals surface area (Å²) < 4.78 is 33.6. The summed E-state index contributed by atoms with van der Waals surface area (Å²) in [4.78, 5) is 25.2. The summed E-state index contributed by atoms with van der Waals surface area (Å²) in [6, 6.07) is 9.23. The Kier molecular flexibility index (Phi) is 6.24. The van der Waals surface area contributed by atoms with E-state index in [1.54, 1.807) is 38.1 Å². The maximum Gasteiger partial charge on any atom is 0.343 e. The summed E-state index contributed by atoms with van der Waals surface area (Å²) >= 11 is 0. The van der Waals surface area contributed by atoms with Crippen molar-refractivity contribution < 1.29 is 23.1 Å². The predicted molar refractivity (Wildman–Crippen MR) is 105 cm³/mol. The Morgan fingerprint density at radius 2 is 1.93 bits per heavy atom. The van der Waals surface area contributed by atoms with E-state index in [4.69, 9.17) is 4.74 Å². The minimum Gasteiger partial charge on any atom is -0.462 e. The number of para-hydroxylation sites is 1. The third-order valence-electron chi connectivity index (χ3n) is 4.42. The molecule has 2 heterocycles. The van der Waals surface area contributed by atoms with E-state index in [1.807, 2.05) is 6.07 Å². The Bertz CT molecular complexity index is 1050. The number of esters is 1. The molecule has 0 saturated heterocycles. The maximum absolute atomic E-state index is 12.9. The van der Waals surface area contributed by atoms with E-state index in [0.717, 1.165) is 0 Å². The van der Waals surface area contributed by atoms with Crippen LogP contribution in [0.1, 0.15) is 48.1 Å². The highest BCUT2D eigenvalue weighted by molar-refractivity contribution is 6.01. The smallest absolute Gasteiger partial charge is 0.343 e. The van der Waals surface area contributed by atoms with E-state index >= 15 is 0 Å². The van der Waals surface area contributed by atoms with Gasteiger partial charge in [0, 0.05) is 5.69 Å². The van der Waals surface area contributed by atoms with E-state index in [-0.39, 0.29) is 18.0 Å². The van der Waals surface area contributed by atoms with Crippen LogP contribution in [-0.4, -0.2) is 38.0 Å². The minimum absolute atomic E-state index is 0.0757. The molecule has 0 fully saturated rings. The molecule has 3 rings (SSSR count). The zero-order valence-corrected chi connectivity index (χ0v) is 16.7. The van der Waals surface area contributed by atoms with Gasteiger partial charge in [0.1, 0.15) is 17.3 Å². The number of carbonyl (C=O) groups is 2. The molecule has 0 aliphatic carbocycles. The van der Waals surface area contributed by atoms with Crippen molar-refractivity contribution in [2.45, 2.75) is 33.2 Å². The van der Waals surface area contributed by atoms with Crippen LogP contribution in [0.5, 0.6) is 0 Å². The number of ether oxygens (including phenoxy) is 1. The summed E-state index contributed by atoms with van der Waals surface area (Å²) in [7, 11) is 0. The molecule has 0 aliphatic heterocycles. The summed E-state index contributed by atoms with van der Waals surface area (Å²) in [6.07, 6.45) is -1.44. The fraction of sp³-hybridized carbons (Fsp3) is 0.300. The molecule has 0 saturated carbocycles. The van der Waals surface area contributed by atoms with Crippen LogP contribution in [0.15, 0.2) is 42.6 Å². The van der Waals surface area contributed by atoms with Crippen molar-refractivity contribution in [3.63, 3.8) is 0 Å². The van der Waals surface area contributed by atoms with Crippen LogP contribution in [0.4, 0.5) is 14.6 Å². The quantitative estimate of drug-likeness (QED) is 0.592. The standard InChI is InChI=1S/C20H21F2N5O3/c1-4-30-20(29)15-11-23-27(14-8-6-5-7-9-14)18(15)24-19(28)13(3)26-12(2)10-16(25-26)17(21)22/h5-11,13,17H,4H2,1-3H3,(H,24,28). The van der Waals surface area contributed by atoms with Gasteiger partial charge in [-0.1, -0.05) is 18.2 Å². The summed E-state index contributed by atoms with van der Waals surface area (Å²) in [5.41, 5.74) is 0.696. The molecule has 0 spiro atoms. The zero-order chi connectivity index (χ0) is 21.8. The lowest BCUT2D eigenvalue weighted by molar-refractivity contribution is -0.119. The van der Waals surface area contributed by atoms with Gasteiger partial charge in [-0.3, -0.25) is 9.48 Å². The molecule has 1 unspecified atom stereocenters. The third-order valence-corrected chi connectivity index (χ3v) is 4.42. The SMILES string of the molecule is CCOC(=O)c1cnn(-c2ccccc2)c1NC(=O)C(C)n1nc(C(F)F)cc1C. The van der Waals surface area contributed by atoms with E-state index in [9.17, 15) is 18.4 Å². The number of alkyl halides is 2. The van der Waals surface area contributed by atoms with Crippen molar-refractivity contribution in [3.8, 4) is 5.69 Å². The van der Waals surface area contributed by atoms with Crippen molar-refractivity contribution in [2.24, 2.45) is 0 Å². The molecule has 1 aromatic carbocycles. The topological polar surface area (TPSA) is 91.0 Å². The second-order valence-corrected chi connectivity index (χ2v) is 6.50. The Labute approximate surface area is 171 Å². The fourth-order valence-electron chi connectivity index (χ4n) is 2.94. The summed E-state index contributed by atoms with van der Waals surface area (Å²) in [5, 5.41) is 10.7. The number of amides is 1. The van der Waals surface area contributed by atoms with Crippen LogP contribution in [0.3, 0.4) is 0 Å². The van der Waals surface area contributed by atoms with Gasteiger partial charge < -0.3 is 10.1 Å². The fourth-order valence-corrected chi connectivity index (χ4v) is 2.94. The highest BCUT2D eigenvalue weighted by Gasteiger charge is 2.26. The second kappa shape index (κ2) is 8.85. The third kappa shape index (κ3) is 4.22. The number of rotatable bonds is 7. The number of anilines is 1. The molecule has 0 aliphatic rings. The number of benzene rings is 1. The number of carbonyl (C=O) groups excluding carboxylic acids is 2. The molecule has 1 N–H and O–H groups in total. The maximum atomic E-state index is 12.9. The first-order valence-corrected chi connectivity index (χ1v) is 9.29. The minimum atomic E-state index is -2.74. The molecule has 158 valence electrons. The number of hydrogen-bond acceptors (Lipinski definition) is 5. The number of nitrogens with zero attached hydrogens (tertiary/aromatic N) is 4. The molecular weight excluding hydrogens is 396 g/mol. The van der Waals surface area contributed by atoms with Gasteiger partial charge in [0.25, 0.3) is 6.43 Å². The molecule has 0 radical (unpaired) electrons. The summed E-state index contributed by atoms with van der Waals surface area (Å²) in [5.74, 6) is -1.07. The monoisotopic (exact) mass is 417 g/mol. The molecule has 30 heavy (non-hydrogen) atoms. The lowest BCUT2D eigenvalue weighted by Crippen LogP contribution is -2.27. The van der Waals surface area contributed by atoms with E-state index < -0.39 is 30.0 Å². The van der Waals surface area contributed by atoms with E-state index in [1.165, 1.54) is 28.6 Å². The first kappa shape index (κ1) is 21.2. The van der Waals surface area contributed by atoms with Crippen LogP contribution >= 0.6 is 0 Å². The van der Waals surface area contributed by atoms with Crippen LogP contribution in [0.25, 0.3) is 5.69 Å². The van der Waals surface area contributed by atoms with Crippen LogP contribution in [-0.2, 0) is 9.53 Å². The first-order valence-electron chi connectivity index (χ1n) is 9.29. The van der Waals surface area contributed by atoms with Gasteiger partial charge in [-0.05, 0) is 39.0 Å². The number of halogens is 2. The normalized spacial score (nSPS) is 12.1. The largest absolute Gasteiger partial charge is 0.462 e. The molecule has 3 aromatic rings. The van der Waals surface area contributed by atoms with E-state index in [0.29, 0.717) is 11.4 Å². The molecule has 2 aromatic heterocycles. The van der Waals surface area contributed by atoms with Crippen LogP contribution in [0.2, 0.25) is 0 Å². The van der Waals surface area contributed by atoms with Crippen LogP contribution in [0, 0.1) is 6.92 Å². The van der Waals surface area contributed by atoms with Gasteiger partial charge in [-0.25, -0.2) is 18.3 Å². The van der Waals surface area contributed by atoms with Gasteiger partial charge in [0.15, 0.2) is 5.82 Å². The van der Waals surface area contributed by atoms with Gasteiger partial charge in [0.05, 0.1) is 18.5 Å². The number of aryl methyl sites for hydroxylation is 1. The second-order valence-electron chi connectivity index (χ2n) is 6.50. The Hall–Kier alpha value is -3.56. The molecule has 1 atom stereocenters. The van der Waals surface area contributed by atoms with Crippen molar-refractivity contribution in [2.75, 3.05) is 11.9 Å².